The van der Waals surface area contributed by atoms with Crippen LogP contribution in [0.1, 0.15) is 53.0 Å². The number of nitrogens with zero attached hydrogens (tertiary/aromatic N) is 1. The number of fused-ring (bicyclic) bond motifs is 1. The van der Waals surface area contributed by atoms with Crippen molar-refractivity contribution in [3.8, 4) is 0 Å². The summed E-state index contributed by atoms with van der Waals surface area (Å²) < 4.78 is -0.667. The van der Waals surface area contributed by atoms with Crippen molar-refractivity contribution in [2.75, 3.05) is 6.61 Å². The number of thioether (sulfide) groups is 1. The molecule has 1 aromatic rings. The summed E-state index contributed by atoms with van der Waals surface area (Å²) in [7, 11) is 0. The van der Waals surface area contributed by atoms with E-state index in [0.29, 0.717) is 13.0 Å². The second-order valence-electron chi connectivity index (χ2n) is 11.1. The number of likely N-dealkylation sites (tertiary alicyclic amines) is 1. The largest absolute Gasteiger partial charge is 0.394 e. The van der Waals surface area contributed by atoms with Crippen molar-refractivity contribution in [2.24, 2.45) is 23.7 Å². The summed E-state index contributed by atoms with van der Waals surface area (Å²) in [4.78, 5) is 43.0. The lowest BCUT2D eigenvalue weighted by atomic mass is 9.66. The maximum atomic E-state index is 14.1. The molecule has 3 N–H and O–H groups in total. The van der Waals surface area contributed by atoms with Crippen molar-refractivity contribution >= 4 is 29.5 Å². The highest BCUT2D eigenvalue weighted by Crippen LogP contribution is 2.68. The van der Waals surface area contributed by atoms with E-state index in [1.54, 1.807) is 16.7 Å². The molecule has 3 fully saturated rings. The molecule has 0 saturated carbocycles. The van der Waals surface area contributed by atoms with Crippen molar-refractivity contribution in [1.29, 1.82) is 0 Å². The molecule has 0 aromatic heterocycles. The van der Waals surface area contributed by atoms with E-state index in [2.05, 4.69) is 17.6 Å². The summed E-state index contributed by atoms with van der Waals surface area (Å²) >= 11 is 1.67. The Balaban J connectivity index is 1.69. The molecule has 4 rings (SSSR count). The van der Waals surface area contributed by atoms with Gasteiger partial charge in [-0.05, 0) is 44.1 Å². The van der Waals surface area contributed by atoms with Gasteiger partial charge in [0.05, 0.1) is 29.2 Å². The van der Waals surface area contributed by atoms with Crippen molar-refractivity contribution in [3.63, 3.8) is 0 Å². The van der Waals surface area contributed by atoms with Crippen LogP contribution in [0.25, 0.3) is 0 Å². The Labute approximate surface area is 212 Å². The van der Waals surface area contributed by atoms with E-state index in [-0.39, 0.29) is 47.5 Å². The number of nitrogens with one attached hydrogen (secondary N) is 2. The lowest BCUT2D eigenvalue weighted by Gasteiger charge is -2.40. The Hall–Kier alpha value is -2.06. The lowest BCUT2D eigenvalue weighted by Crippen LogP contribution is -2.59. The fourth-order valence-corrected chi connectivity index (χ4v) is 8.95. The first kappa shape index (κ1) is 26.0. The van der Waals surface area contributed by atoms with E-state index in [1.807, 2.05) is 58.0 Å². The molecule has 3 heterocycles. The first-order valence-corrected chi connectivity index (χ1v) is 13.7. The van der Waals surface area contributed by atoms with Crippen LogP contribution in [0.2, 0.25) is 0 Å². The molecule has 7 atom stereocenters. The summed E-state index contributed by atoms with van der Waals surface area (Å²) in [5, 5.41) is 16.4. The number of aliphatic hydroxyl groups is 1. The third-order valence-electron chi connectivity index (χ3n) is 7.82. The van der Waals surface area contributed by atoms with Crippen LogP contribution >= 0.6 is 11.8 Å². The van der Waals surface area contributed by atoms with Crippen LogP contribution in [0.15, 0.2) is 30.3 Å². The van der Waals surface area contributed by atoms with Gasteiger partial charge in [-0.3, -0.25) is 14.4 Å². The molecule has 0 aliphatic carbocycles. The van der Waals surface area contributed by atoms with Crippen molar-refractivity contribution in [1.82, 2.24) is 15.5 Å². The number of hydrogen-bond acceptors (Lipinski definition) is 5. The Morgan fingerprint density at radius 2 is 1.86 bits per heavy atom. The molecular formula is C27H39N3O4S. The molecule has 3 saturated heterocycles. The van der Waals surface area contributed by atoms with Crippen LogP contribution in [0.5, 0.6) is 0 Å². The van der Waals surface area contributed by atoms with Gasteiger partial charge in [-0.2, -0.15) is 0 Å². The number of rotatable bonds is 9. The zero-order chi connectivity index (χ0) is 25.5. The van der Waals surface area contributed by atoms with E-state index in [4.69, 9.17) is 0 Å². The van der Waals surface area contributed by atoms with Crippen molar-refractivity contribution in [3.05, 3.63) is 35.9 Å². The monoisotopic (exact) mass is 501 g/mol. The van der Waals surface area contributed by atoms with E-state index in [1.165, 1.54) is 0 Å². The number of aliphatic hydroxyl groups excluding tert-OH is 1. The quantitative estimate of drug-likeness (QED) is 0.483. The molecule has 3 unspecified atom stereocenters. The number of hydrogen-bond donors (Lipinski definition) is 3. The zero-order valence-electron chi connectivity index (χ0n) is 21.4. The highest BCUT2D eigenvalue weighted by molar-refractivity contribution is 8.02. The normalized spacial score (nSPS) is 32.3. The van der Waals surface area contributed by atoms with Gasteiger partial charge < -0.3 is 20.6 Å². The fraction of sp³-hybridized carbons (Fsp3) is 0.667. The van der Waals surface area contributed by atoms with Gasteiger partial charge in [-0.15, -0.1) is 11.8 Å². The Kier molecular flexibility index (Phi) is 7.53. The average Bonchev–Trinajstić information content (AvgIpc) is 3.39. The average molecular weight is 502 g/mol. The first-order chi connectivity index (χ1) is 16.6. The number of carbonyl (C=O) groups is 3. The predicted molar refractivity (Wildman–Crippen MR) is 137 cm³/mol. The highest BCUT2D eigenvalue weighted by atomic mass is 32.2. The molecule has 0 radical (unpaired) electrons. The minimum Gasteiger partial charge on any atom is -0.394 e. The van der Waals surface area contributed by atoms with Crippen molar-refractivity contribution < 1.29 is 19.5 Å². The third-order valence-corrected chi connectivity index (χ3v) is 9.90. The number of amides is 3. The molecule has 3 aliphatic heterocycles. The smallest absolute Gasteiger partial charge is 0.244 e. The number of carbonyl (C=O) groups excluding carboxylic acids is 3. The van der Waals surface area contributed by atoms with Crippen LogP contribution in [-0.2, 0) is 20.9 Å². The Morgan fingerprint density at radius 1 is 1.17 bits per heavy atom. The molecule has 192 valence electrons. The van der Waals surface area contributed by atoms with Gasteiger partial charge in [0.15, 0.2) is 0 Å². The molecule has 8 heteroatoms. The second-order valence-corrected chi connectivity index (χ2v) is 12.7. The molecule has 7 nitrogen and oxygen atoms in total. The summed E-state index contributed by atoms with van der Waals surface area (Å²) in [6.07, 6.45) is 1.40. The van der Waals surface area contributed by atoms with Crippen LogP contribution < -0.4 is 10.6 Å². The molecule has 3 amide bonds. The molecule has 35 heavy (non-hydrogen) atoms. The summed E-state index contributed by atoms with van der Waals surface area (Å²) in [6, 6.07) is 8.51. The number of benzene rings is 1. The highest BCUT2D eigenvalue weighted by Gasteiger charge is 2.76. The Morgan fingerprint density at radius 3 is 2.46 bits per heavy atom. The molecule has 1 spiro atoms. The van der Waals surface area contributed by atoms with E-state index in [9.17, 15) is 19.5 Å². The minimum absolute atomic E-state index is 0.00361. The molecule has 2 bridgehead atoms. The fourth-order valence-electron chi connectivity index (χ4n) is 6.54. The van der Waals surface area contributed by atoms with Gasteiger partial charge >= 0.3 is 0 Å². The van der Waals surface area contributed by atoms with E-state index >= 15 is 0 Å². The maximum absolute atomic E-state index is 14.1. The van der Waals surface area contributed by atoms with E-state index < -0.39 is 28.7 Å². The lowest BCUT2D eigenvalue weighted by molar-refractivity contribution is -0.143. The summed E-state index contributed by atoms with van der Waals surface area (Å²) in [5.74, 6) is -1.15. The van der Waals surface area contributed by atoms with E-state index in [0.717, 1.165) is 12.0 Å². The van der Waals surface area contributed by atoms with Gasteiger partial charge in [0.2, 0.25) is 17.7 Å². The third kappa shape index (κ3) is 4.48. The maximum Gasteiger partial charge on any atom is 0.244 e. The minimum atomic E-state index is -0.699. The Bertz CT molecular complexity index is 955. The second kappa shape index (κ2) is 10.1. The van der Waals surface area contributed by atoms with Gasteiger partial charge in [-0.25, -0.2) is 0 Å². The summed E-state index contributed by atoms with van der Waals surface area (Å²) in [5.41, 5.74) is 1.01. The van der Waals surface area contributed by atoms with Gasteiger partial charge in [0.25, 0.3) is 0 Å². The first-order valence-electron chi connectivity index (χ1n) is 12.8. The standard InChI is InChI=1S/C27H39N3O4S/c1-15(2)11-19(14-31)30-23(25(33)29-16(3)4)27-17(5)12-20(35-27)21(22(27)26(30)34)24(32)28-13-18-9-7-6-8-10-18/h6-10,15-17,19-23,31H,11-14H2,1-5H3,(H,28,32)(H,29,33)/t17?,19-,20+,21-,22+,23?,27?/m1/s1. The molecule has 3 aliphatic rings. The zero-order valence-corrected chi connectivity index (χ0v) is 22.2. The van der Waals surface area contributed by atoms with Crippen LogP contribution in [0.4, 0.5) is 0 Å². The molecular weight excluding hydrogens is 462 g/mol. The van der Waals surface area contributed by atoms with Crippen LogP contribution in [0.3, 0.4) is 0 Å². The molecule has 1 aromatic carbocycles. The van der Waals surface area contributed by atoms with Gasteiger partial charge in [0, 0.05) is 17.8 Å². The SMILES string of the molecule is CC(C)C[C@H](CO)N1C(=O)[C@@H]2[C@H](C(=O)NCc3ccccc3)[C@@H]3CC(C)C2(S3)C1C(=O)NC(C)C. The topological polar surface area (TPSA) is 98.7 Å². The predicted octanol–water partition coefficient (Wildman–Crippen LogP) is 2.57. The van der Waals surface area contributed by atoms with Crippen LogP contribution in [-0.4, -0.2) is 62.5 Å². The van der Waals surface area contributed by atoms with Crippen molar-refractivity contribution in [2.45, 2.75) is 82.1 Å². The van der Waals surface area contributed by atoms with Crippen LogP contribution in [0, 0.1) is 23.7 Å². The van der Waals surface area contributed by atoms with Gasteiger partial charge in [-0.1, -0.05) is 51.1 Å². The van der Waals surface area contributed by atoms with Gasteiger partial charge in [0.1, 0.15) is 6.04 Å². The summed E-state index contributed by atoms with van der Waals surface area (Å²) in [6.45, 7) is 10.2.